The van der Waals surface area contributed by atoms with Crippen LogP contribution in [-0.4, -0.2) is 48.3 Å². The van der Waals surface area contributed by atoms with Gasteiger partial charge in [0.15, 0.2) is 0 Å². The standard InChI is InChI=1S/C16H32N2O/c1-5-16(6-2)11-14(8-10-19-16)17-15-7-9-18(12-15)13(3)4/h13-15,17H,5-12H2,1-4H3. The monoisotopic (exact) mass is 268 g/mol. The Hall–Kier alpha value is -0.120. The van der Waals surface area contributed by atoms with Crippen molar-refractivity contribution in [3.63, 3.8) is 0 Å². The molecule has 2 rings (SSSR count). The molecule has 0 bridgehead atoms. The summed E-state index contributed by atoms with van der Waals surface area (Å²) in [6, 6.07) is 2.04. The van der Waals surface area contributed by atoms with Gasteiger partial charge in [-0.2, -0.15) is 0 Å². The van der Waals surface area contributed by atoms with E-state index in [2.05, 4.69) is 37.9 Å². The highest BCUT2D eigenvalue weighted by atomic mass is 16.5. The zero-order valence-electron chi connectivity index (χ0n) is 13.2. The molecule has 0 aromatic heterocycles. The molecule has 0 aromatic rings. The second-order valence-corrected chi connectivity index (χ2v) is 6.67. The van der Waals surface area contributed by atoms with Crippen LogP contribution < -0.4 is 5.32 Å². The number of hydrogen-bond acceptors (Lipinski definition) is 3. The van der Waals surface area contributed by atoms with Crippen molar-refractivity contribution in [2.75, 3.05) is 19.7 Å². The van der Waals surface area contributed by atoms with E-state index in [1.165, 1.54) is 32.4 Å². The van der Waals surface area contributed by atoms with Gasteiger partial charge in [-0.25, -0.2) is 0 Å². The molecule has 2 aliphatic heterocycles. The number of likely N-dealkylation sites (tertiary alicyclic amines) is 1. The second-order valence-electron chi connectivity index (χ2n) is 6.67. The summed E-state index contributed by atoms with van der Waals surface area (Å²) in [5.41, 5.74) is 0.145. The maximum Gasteiger partial charge on any atom is 0.0692 e. The molecule has 0 aromatic carbocycles. The first-order chi connectivity index (χ1) is 9.08. The highest BCUT2D eigenvalue weighted by molar-refractivity contribution is 4.92. The number of ether oxygens (including phenoxy) is 1. The Kier molecular flexibility index (Phi) is 5.27. The second kappa shape index (κ2) is 6.55. The van der Waals surface area contributed by atoms with Gasteiger partial charge in [-0.15, -0.1) is 0 Å². The molecule has 2 heterocycles. The first kappa shape index (κ1) is 15.3. The third-order valence-corrected chi connectivity index (χ3v) is 5.20. The van der Waals surface area contributed by atoms with Crippen LogP contribution in [0.5, 0.6) is 0 Å². The highest BCUT2D eigenvalue weighted by Crippen LogP contribution is 2.32. The molecule has 2 aliphatic rings. The van der Waals surface area contributed by atoms with Crippen molar-refractivity contribution in [1.29, 1.82) is 0 Å². The molecule has 3 nitrogen and oxygen atoms in total. The number of hydrogen-bond donors (Lipinski definition) is 1. The molecule has 0 spiro atoms. The third kappa shape index (κ3) is 3.71. The highest BCUT2D eigenvalue weighted by Gasteiger charge is 2.36. The van der Waals surface area contributed by atoms with Crippen LogP contribution in [0.25, 0.3) is 0 Å². The van der Waals surface area contributed by atoms with Crippen molar-refractivity contribution in [1.82, 2.24) is 10.2 Å². The van der Waals surface area contributed by atoms with E-state index < -0.39 is 0 Å². The van der Waals surface area contributed by atoms with Gasteiger partial charge in [-0.1, -0.05) is 13.8 Å². The fourth-order valence-electron chi connectivity index (χ4n) is 3.64. The first-order valence-corrected chi connectivity index (χ1v) is 8.22. The van der Waals surface area contributed by atoms with E-state index in [1.54, 1.807) is 0 Å². The van der Waals surface area contributed by atoms with Crippen LogP contribution in [0.2, 0.25) is 0 Å². The van der Waals surface area contributed by atoms with Gasteiger partial charge in [0.2, 0.25) is 0 Å². The molecule has 2 unspecified atom stereocenters. The Labute approximate surface area is 119 Å². The predicted molar refractivity (Wildman–Crippen MR) is 80.5 cm³/mol. The summed E-state index contributed by atoms with van der Waals surface area (Å²) >= 11 is 0. The quantitative estimate of drug-likeness (QED) is 0.830. The van der Waals surface area contributed by atoms with E-state index >= 15 is 0 Å². The minimum absolute atomic E-state index is 0.145. The van der Waals surface area contributed by atoms with Gasteiger partial charge in [-0.3, -0.25) is 4.90 Å². The third-order valence-electron chi connectivity index (χ3n) is 5.20. The molecule has 2 saturated heterocycles. The van der Waals surface area contributed by atoms with Gasteiger partial charge in [0.05, 0.1) is 5.60 Å². The average Bonchev–Trinajstić information content (AvgIpc) is 2.87. The summed E-state index contributed by atoms with van der Waals surface area (Å²) < 4.78 is 6.07. The molecular formula is C16H32N2O. The molecule has 0 saturated carbocycles. The van der Waals surface area contributed by atoms with Crippen LogP contribution in [0.15, 0.2) is 0 Å². The lowest BCUT2D eigenvalue weighted by Gasteiger charge is -2.41. The minimum Gasteiger partial charge on any atom is -0.375 e. The lowest BCUT2D eigenvalue weighted by Crippen LogP contribution is -2.50. The summed E-state index contributed by atoms with van der Waals surface area (Å²) in [6.07, 6.45) is 5.97. The molecule has 19 heavy (non-hydrogen) atoms. The molecule has 2 atom stereocenters. The summed E-state index contributed by atoms with van der Waals surface area (Å²) in [4.78, 5) is 2.59. The van der Waals surface area contributed by atoms with Gasteiger partial charge < -0.3 is 10.1 Å². The van der Waals surface area contributed by atoms with E-state index in [4.69, 9.17) is 4.74 Å². The lowest BCUT2D eigenvalue weighted by molar-refractivity contribution is -0.0939. The average molecular weight is 268 g/mol. The van der Waals surface area contributed by atoms with Crippen molar-refractivity contribution in [2.45, 2.75) is 83.5 Å². The zero-order chi connectivity index (χ0) is 13.9. The predicted octanol–water partition coefficient (Wildman–Crippen LogP) is 2.80. The Balaban J connectivity index is 1.83. The van der Waals surface area contributed by atoms with Crippen molar-refractivity contribution in [2.24, 2.45) is 0 Å². The van der Waals surface area contributed by atoms with Gasteiger partial charge in [0.25, 0.3) is 0 Å². The van der Waals surface area contributed by atoms with E-state index in [1.807, 2.05) is 0 Å². The number of nitrogens with zero attached hydrogens (tertiary/aromatic N) is 1. The number of nitrogens with one attached hydrogen (secondary N) is 1. The Morgan fingerprint density at radius 2 is 1.95 bits per heavy atom. The van der Waals surface area contributed by atoms with Gasteiger partial charge in [0, 0.05) is 31.3 Å². The van der Waals surface area contributed by atoms with Crippen LogP contribution in [0.1, 0.15) is 59.8 Å². The van der Waals surface area contributed by atoms with E-state index in [-0.39, 0.29) is 5.60 Å². The maximum absolute atomic E-state index is 6.07. The smallest absolute Gasteiger partial charge is 0.0692 e. The van der Waals surface area contributed by atoms with Gasteiger partial charge >= 0.3 is 0 Å². The Morgan fingerprint density at radius 1 is 1.21 bits per heavy atom. The summed E-state index contributed by atoms with van der Waals surface area (Å²) in [5, 5.41) is 3.90. The molecule has 112 valence electrons. The van der Waals surface area contributed by atoms with Crippen LogP contribution in [0, 0.1) is 0 Å². The molecule has 0 aliphatic carbocycles. The Morgan fingerprint density at radius 3 is 2.53 bits per heavy atom. The van der Waals surface area contributed by atoms with E-state index in [0.717, 1.165) is 19.4 Å². The topological polar surface area (TPSA) is 24.5 Å². The van der Waals surface area contributed by atoms with E-state index in [9.17, 15) is 0 Å². The molecule has 3 heteroatoms. The van der Waals surface area contributed by atoms with Crippen LogP contribution in [0.3, 0.4) is 0 Å². The molecule has 0 radical (unpaired) electrons. The first-order valence-electron chi connectivity index (χ1n) is 8.22. The normalized spacial score (nSPS) is 32.1. The van der Waals surface area contributed by atoms with Crippen molar-refractivity contribution < 1.29 is 4.74 Å². The van der Waals surface area contributed by atoms with Gasteiger partial charge in [-0.05, 0) is 52.5 Å². The summed E-state index contributed by atoms with van der Waals surface area (Å²) in [7, 11) is 0. The Bertz CT molecular complexity index is 276. The fraction of sp³-hybridized carbons (Fsp3) is 1.00. The fourth-order valence-corrected chi connectivity index (χ4v) is 3.64. The summed E-state index contributed by atoms with van der Waals surface area (Å²) in [5.74, 6) is 0. The van der Waals surface area contributed by atoms with Gasteiger partial charge in [0.1, 0.15) is 0 Å². The number of rotatable bonds is 5. The lowest BCUT2D eigenvalue weighted by atomic mass is 9.85. The molecule has 2 fully saturated rings. The SMILES string of the molecule is CCC1(CC)CC(NC2CCN(C(C)C)C2)CCO1. The summed E-state index contributed by atoms with van der Waals surface area (Å²) in [6.45, 7) is 12.5. The van der Waals surface area contributed by atoms with Crippen LogP contribution in [-0.2, 0) is 4.74 Å². The minimum atomic E-state index is 0.145. The molecular weight excluding hydrogens is 236 g/mol. The van der Waals surface area contributed by atoms with Crippen LogP contribution in [0.4, 0.5) is 0 Å². The van der Waals surface area contributed by atoms with Crippen LogP contribution >= 0.6 is 0 Å². The largest absolute Gasteiger partial charge is 0.375 e. The molecule has 0 amide bonds. The van der Waals surface area contributed by atoms with Crippen molar-refractivity contribution in [3.05, 3.63) is 0 Å². The van der Waals surface area contributed by atoms with Crippen molar-refractivity contribution >= 4 is 0 Å². The zero-order valence-corrected chi connectivity index (χ0v) is 13.2. The van der Waals surface area contributed by atoms with E-state index in [0.29, 0.717) is 18.1 Å². The maximum atomic E-state index is 6.07. The molecule has 1 N–H and O–H groups in total. The van der Waals surface area contributed by atoms with Crippen molar-refractivity contribution in [3.8, 4) is 0 Å².